The number of fused-ring (bicyclic) bond motifs is 1. The van der Waals surface area contributed by atoms with Gasteiger partial charge in [-0.15, -0.1) is 0 Å². The topological polar surface area (TPSA) is 75.2 Å². The van der Waals surface area contributed by atoms with Crippen molar-refractivity contribution in [1.29, 1.82) is 0 Å². The maximum atomic E-state index is 10.9. The Morgan fingerprint density at radius 2 is 2.19 bits per heavy atom. The number of pyridine rings is 1. The van der Waals surface area contributed by atoms with Crippen molar-refractivity contribution >= 4 is 17.0 Å². The molecule has 2 N–H and O–H groups in total. The minimum absolute atomic E-state index is 0.530. The predicted octanol–water partition coefficient (Wildman–Crippen LogP) is 3.08. The second-order valence-corrected chi connectivity index (χ2v) is 4.72. The summed E-state index contributed by atoms with van der Waals surface area (Å²) in [6, 6.07) is 11.3. The number of hydrogen-bond donors (Lipinski definition) is 2. The lowest BCUT2D eigenvalue weighted by Gasteiger charge is -2.11. The zero-order chi connectivity index (χ0) is 14.8. The molecule has 0 amide bonds. The molecule has 0 saturated carbocycles. The lowest BCUT2D eigenvalue weighted by molar-refractivity contribution is -0.144. The largest absolute Gasteiger partial charge is 0.479 e. The normalized spacial score (nSPS) is 12.2. The van der Waals surface area contributed by atoms with E-state index in [-0.39, 0.29) is 0 Å². The summed E-state index contributed by atoms with van der Waals surface area (Å²) in [5.41, 5.74) is 2.80. The fraction of sp³-hybridized carbons (Fsp3) is 0.125. The van der Waals surface area contributed by atoms with Crippen LogP contribution in [0.1, 0.15) is 6.92 Å². The van der Waals surface area contributed by atoms with Crippen LogP contribution in [-0.4, -0.2) is 27.1 Å². The van der Waals surface area contributed by atoms with Crippen molar-refractivity contribution < 1.29 is 14.6 Å². The highest BCUT2D eigenvalue weighted by molar-refractivity contribution is 5.93. The first-order valence-corrected chi connectivity index (χ1v) is 6.57. The molecule has 0 saturated heterocycles. The van der Waals surface area contributed by atoms with Crippen molar-refractivity contribution in [3.63, 3.8) is 0 Å². The first kappa shape index (κ1) is 13.2. The Balaban J connectivity index is 2.00. The van der Waals surface area contributed by atoms with Gasteiger partial charge in [0.1, 0.15) is 11.4 Å². The van der Waals surface area contributed by atoms with Crippen LogP contribution in [0.5, 0.6) is 5.75 Å². The number of carbonyl (C=O) groups is 1. The van der Waals surface area contributed by atoms with Gasteiger partial charge >= 0.3 is 5.97 Å². The molecule has 1 aromatic carbocycles. The molecule has 5 nitrogen and oxygen atoms in total. The minimum atomic E-state index is -0.989. The van der Waals surface area contributed by atoms with Crippen molar-refractivity contribution in [1.82, 2.24) is 9.97 Å². The minimum Gasteiger partial charge on any atom is -0.479 e. The molecule has 0 fully saturated rings. The first-order chi connectivity index (χ1) is 10.1. The fourth-order valence-electron chi connectivity index (χ4n) is 2.20. The molecule has 0 aliphatic carbocycles. The van der Waals surface area contributed by atoms with Crippen molar-refractivity contribution in [2.75, 3.05) is 0 Å². The van der Waals surface area contributed by atoms with Gasteiger partial charge < -0.3 is 14.8 Å². The molecule has 0 aliphatic heterocycles. The summed E-state index contributed by atoms with van der Waals surface area (Å²) in [6.07, 6.45) is 2.69. The van der Waals surface area contributed by atoms with E-state index in [4.69, 9.17) is 9.84 Å². The molecule has 3 rings (SSSR count). The Bertz CT molecular complexity index is 795. The Hall–Kier alpha value is -2.82. The second-order valence-electron chi connectivity index (χ2n) is 4.72. The Morgan fingerprint density at radius 1 is 1.33 bits per heavy atom. The zero-order valence-electron chi connectivity index (χ0n) is 11.4. The number of H-pyrrole nitrogens is 1. The maximum absolute atomic E-state index is 10.9. The maximum Gasteiger partial charge on any atom is 0.344 e. The molecule has 0 unspecified atom stereocenters. The Kier molecular flexibility index (Phi) is 3.31. The molecule has 2 aromatic heterocycles. The third-order valence-corrected chi connectivity index (χ3v) is 3.27. The van der Waals surface area contributed by atoms with E-state index in [2.05, 4.69) is 9.97 Å². The number of carboxylic acids is 1. The number of aromatic amines is 1. The van der Waals surface area contributed by atoms with Gasteiger partial charge in [-0.3, -0.25) is 0 Å². The average Bonchev–Trinajstić information content (AvgIpc) is 2.95. The number of benzene rings is 1. The molecule has 0 aliphatic rings. The highest BCUT2D eigenvalue weighted by Crippen LogP contribution is 2.29. The summed E-state index contributed by atoms with van der Waals surface area (Å²) in [6.45, 7) is 1.51. The van der Waals surface area contributed by atoms with Crippen LogP contribution < -0.4 is 4.74 Å². The van der Waals surface area contributed by atoms with Crippen LogP contribution in [0.4, 0.5) is 0 Å². The van der Waals surface area contributed by atoms with E-state index in [1.807, 2.05) is 36.5 Å². The third kappa shape index (κ3) is 2.58. The summed E-state index contributed by atoms with van der Waals surface area (Å²) in [5, 5.41) is 9.92. The van der Waals surface area contributed by atoms with Crippen molar-refractivity contribution in [2.45, 2.75) is 13.0 Å². The van der Waals surface area contributed by atoms with Crippen LogP contribution in [0.25, 0.3) is 22.2 Å². The van der Waals surface area contributed by atoms with E-state index < -0.39 is 12.1 Å². The van der Waals surface area contributed by atoms with Gasteiger partial charge in [0.15, 0.2) is 6.10 Å². The van der Waals surface area contributed by atoms with Gasteiger partial charge in [-0.1, -0.05) is 12.1 Å². The molecule has 3 aromatic rings. The quantitative estimate of drug-likeness (QED) is 0.771. The SMILES string of the molecule is C[C@H](Oc1cccc(-c2ccnc3[nH]ccc23)c1)C(=O)O. The summed E-state index contributed by atoms with van der Waals surface area (Å²) < 4.78 is 5.41. The van der Waals surface area contributed by atoms with Gasteiger partial charge in [-0.25, -0.2) is 9.78 Å². The van der Waals surface area contributed by atoms with Crippen LogP contribution in [0.15, 0.2) is 48.8 Å². The Labute approximate surface area is 121 Å². The number of nitrogens with zero attached hydrogens (tertiary/aromatic N) is 1. The molecular formula is C16H14N2O3. The van der Waals surface area contributed by atoms with E-state index in [9.17, 15) is 4.79 Å². The van der Waals surface area contributed by atoms with Gasteiger partial charge in [0, 0.05) is 17.8 Å². The van der Waals surface area contributed by atoms with Crippen LogP contribution in [0.2, 0.25) is 0 Å². The van der Waals surface area contributed by atoms with E-state index >= 15 is 0 Å². The molecule has 21 heavy (non-hydrogen) atoms. The highest BCUT2D eigenvalue weighted by Gasteiger charge is 2.13. The van der Waals surface area contributed by atoms with Crippen molar-refractivity contribution in [2.24, 2.45) is 0 Å². The number of rotatable bonds is 4. The molecule has 0 spiro atoms. The summed E-state index contributed by atoms with van der Waals surface area (Å²) >= 11 is 0. The van der Waals surface area contributed by atoms with Gasteiger partial charge in [-0.2, -0.15) is 0 Å². The first-order valence-electron chi connectivity index (χ1n) is 6.57. The van der Waals surface area contributed by atoms with Gasteiger partial charge in [-0.05, 0) is 42.3 Å². The van der Waals surface area contributed by atoms with Gasteiger partial charge in [0.05, 0.1) is 0 Å². The number of ether oxygens (including phenoxy) is 1. The number of aromatic nitrogens is 2. The number of carboxylic acid groups (broad SMARTS) is 1. The number of aliphatic carboxylic acids is 1. The highest BCUT2D eigenvalue weighted by atomic mass is 16.5. The second kappa shape index (κ2) is 5.28. The average molecular weight is 282 g/mol. The fourth-order valence-corrected chi connectivity index (χ4v) is 2.20. The van der Waals surface area contributed by atoms with Gasteiger partial charge in [0.25, 0.3) is 0 Å². The molecule has 2 heterocycles. The number of nitrogens with one attached hydrogen (secondary N) is 1. The Morgan fingerprint density at radius 3 is 3.00 bits per heavy atom. The molecular weight excluding hydrogens is 268 g/mol. The van der Waals surface area contributed by atoms with Crippen LogP contribution >= 0.6 is 0 Å². The van der Waals surface area contributed by atoms with E-state index in [0.717, 1.165) is 22.2 Å². The van der Waals surface area contributed by atoms with E-state index in [1.165, 1.54) is 6.92 Å². The third-order valence-electron chi connectivity index (χ3n) is 3.27. The van der Waals surface area contributed by atoms with Crippen molar-refractivity contribution in [3.8, 4) is 16.9 Å². The standard InChI is InChI=1S/C16H14N2O3/c1-10(16(19)20)21-12-4-2-3-11(9-12)13-5-7-17-15-14(13)6-8-18-15/h2-10H,1H3,(H,17,18)(H,19,20)/t10-/m0/s1. The summed E-state index contributed by atoms with van der Waals surface area (Å²) in [5.74, 6) is -0.458. The molecule has 106 valence electrons. The molecule has 0 bridgehead atoms. The summed E-state index contributed by atoms with van der Waals surface area (Å²) in [4.78, 5) is 18.2. The van der Waals surface area contributed by atoms with Crippen LogP contribution in [0, 0.1) is 0 Å². The predicted molar refractivity (Wildman–Crippen MR) is 79.3 cm³/mol. The number of hydrogen-bond acceptors (Lipinski definition) is 3. The summed E-state index contributed by atoms with van der Waals surface area (Å²) in [7, 11) is 0. The van der Waals surface area contributed by atoms with E-state index in [0.29, 0.717) is 5.75 Å². The van der Waals surface area contributed by atoms with Gasteiger partial charge in [0.2, 0.25) is 0 Å². The zero-order valence-corrected chi connectivity index (χ0v) is 11.4. The van der Waals surface area contributed by atoms with E-state index in [1.54, 1.807) is 12.3 Å². The molecule has 0 radical (unpaired) electrons. The smallest absolute Gasteiger partial charge is 0.344 e. The molecule has 5 heteroatoms. The van der Waals surface area contributed by atoms with Crippen LogP contribution in [0.3, 0.4) is 0 Å². The van der Waals surface area contributed by atoms with Crippen molar-refractivity contribution in [3.05, 3.63) is 48.8 Å². The van der Waals surface area contributed by atoms with Crippen LogP contribution in [-0.2, 0) is 4.79 Å². The lowest BCUT2D eigenvalue weighted by Crippen LogP contribution is -2.22. The lowest BCUT2D eigenvalue weighted by atomic mass is 10.0. The monoisotopic (exact) mass is 282 g/mol. The molecule has 1 atom stereocenters.